The molecule has 0 spiro atoms. The van der Waals surface area contributed by atoms with Crippen LogP contribution in [0.1, 0.15) is 0 Å². The Morgan fingerprint density at radius 1 is 0.315 bits per heavy atom. The molecule has 0 N–H and O–H groups in total. The van der Waals surface area contributed by atoms with Gasteiger partial charge >= 0.3 is 16.9 Å². The molecule has 0 aliphatic carbocycles. The van der Waals surface area contributed by atoms with E-state index in [2.05, 4.69) is 0 Å². The van der Waals surface area contributed by atoms with Gasteiger partial charge in [-0.05, 0) is 69.8 Å². The first-order chi connectivity index (χ1) is 26.2. The van der Waals surface area contributed by atoms with E-state index in [1.54, 1.807) is 36.4 Å². The predicted octanol–water partition coefficient (Wildman–Crippen LogP) is 12.3. The minimum Gasteiger partial charge on any atom is -0.423 e. The monoisotopic (exact) mass is 768 g/mol. The molecule has 0 unspecified atom stereocenters. The van der Waals surface area contributed by atoms with Gasteiger partial charge in [-0.3, -0.25) is 0 Å². The van der Waals surface area contributed by atoms with Crippen LogP contribution in [-0.4, -0.2) is 0 Å². The summed E-state index contributed by atoms with van der Waals surface area (Å²) in [5.74, 6) is 0. The minimum absolute atomic E-state index is 0.372. The van der Waals surface area contributed by atoms with Crippen molar-refractivity contribution in [2.75, 3.05) is 0 Å². The lowest BCUT2D eigenvalue weighted by Gasteiger charge is -2.05. The van der Waals surface area contributed by atoms with Gasteiger partial charge in [0.1, 0.15) is 16.7 Å². The molecule has 3 heterocycles. The summed E-state index contributed by atoms with van der Waals surface area (Å²) in [5.41, 5.74) is 5.94. The molecule has 0 saturated heterocycles. The topological polar surface area (TPSA) is 90.6 Å². The van der Waals surface area contributed by atoms with Crippen LogP contribution in [0.25, 0.3) is 66.3 Å². The Kier molecular flexibility index (Phi) is 10.9. The van der Waals surface area contributed by atoms with Crippen LogP contribution in [-0.2, 0) is 0 Å². The van der Waals surface area contributed by atoms with Crippen LogP contribution in [0.5, 0.6) is 0 Å². The summed E-state index contributed by atoms with van der Waals surface area (Å²) in [7, 11) is 0. The Morgan fingerprint density at radius 3 is 0.833 bits per heavy atom. The second kappa shape index (κ2) is 16.2. The lowest BCUT2D eigenvalue weighted by molar-refractivity contribution is 0.561. The molecule has 3 aromatic heterocycles. The lowest BCUT2D eigenvalue weighted by Crippen LogP contribution is -1.97. The number of hydrogen-bond donors (Lipinski definition) is 0. The van der Waals surface area contributed by atoms with E-state index >= 15 is 0 Å². The smallest absolute Gasteiger partial charge is 0.336 e. The van der Waals surface area contributed by atoms with Gasteiger partial charge in [0, 0.05) is 67.6 Å². The highest BCUT2D eigenvalue weighted by Crippen LogP contribution is 2.31. The molecular weight excluding hydrogens is 743 g/mol. The minimum atomic E-state index is -0.372. The molecule has 264 valence electrons. The molecule has 9 heteroatoms. The van der Waals surface area contributed by atoms with Crippen LogP contribution in [0.2, 0.25) is 15.1 Å². The first-order valence-corrected chi connectivity index (χ1v) is 17.7. The highest BCUT2D eigenvalue weighted by Gasteiger charge is 2.10. The molecule has 6 nitrogen and oxygen atoms in total. The van der Waals surface area contributed by atoms with Crippen molar-refractivity contribution in [1.82, 2.24) is 0 Å². The van der Waals surface area contributed by atoms with Crippen molar-refractivity contribution in [2.45, 2.75) is 0 Å². The van der Waals surface area contributed by atoms with Crippen LogP contribution in [0, 0.1) is 0 Å². The Bertz CT molecular complexity index is 2600. The zero-order valence-electron chi connectivity index (χ0n) is 28.2. The largest absolute Gasteiger partial charge is 0.423 e. The number of hydrogen-bond acceptors (Lipinski definition) is 6. The standard InChI is InChI=1S/3C15H9ClO2/c3*16-11-6-7-12-13(10-4-2-1-3-5-10)9-15(17)18-14(12)8-11/h3*1-9H. The van der Waals surface area contributed by atoms with Crippen LogP contribution in [0.15, 0.2) is 191 Å². The molecule has 0 atom stereocenters. The number of halogens is 3. The van der Waals surface area contributed by atoms with Crippen molar-refractivity contribution in [3.05, 3.63) is 210 Å². The van der Waals surface area contributed by atoms with Crippen molar-refractivity contribution in [3.8, 4) is 33.4 Å². The average Bonchev–Trinajstić information content (AvgIpc) is 3.18. The Balaban J connectivity index is 0.000000125. The molecule has 0 fully saturated rings. The van der Waals surface area contributed by atoms with Gasteiger partial charge < -0.3 is 13.3 Å². The van der Waals surface area contributed by atoms with E-state index in [1.807, 2.05) is 109 Å². The first kappa shape index (κ1) is 36.2. The highest BCUT2D eigenvalue weighted by molar-refractivity contribution is 6.32. The zero-order valence-corrected chi connectivity index (χ0v) is 30.4. The molecule has 0 aliphatic heterocycles. The molecule has 0 bridgehead atoms. The molecule has 0 radical (unpaired) electrons. The van der Waals surface area contributed by atoms with E-state index in [1.165, 1.54) is 18.2 Å². The maximum absolute atomic E-state index is 11.6. The van der Waals surface area contributed by atoms with E-state index in [4.69, 9.17) is 48.1 Å². The van der Waals surface area contributed by atoms with Gasteiger partial charge in [0.25, 0.3) is 0 Å². The first-order valence-electron chi connectivity index (χ1n) is 16.6. The summed E-state index contributed by atoms with van der Waals surface area (Å²) < 4.78 is 15.5. The summed E-state index contributed by atoms with van der Waals surface area (Å²) in [6, 6.07) is 49.6. The molecule has 0 saturated carbocycles. The van der Waals surface area contributed by atoms with Gasteiger partial charge in [0.15, 0.2) is 0 Å². The molecular formula is C45H27Cl3O6. The van der Waals surface area contributed by atoms with Crippen LogP contribution in [0.4, 0.5) is 0 Å². The van der Waals surface area contributed by atoms with Gasteiger partial charge in [-0.1, -0.05) is 126 Å². The van der Waals surface area contributed by atoms with Crippen molar-refractivity contribution >= 4 is 67.7 Å². The summed E-state index contributed by atoms with van der Waals surface area (Å²) in [5, 5.41) is 4.29. The third-order valence-corrected chi connectivity index (χ3v) is 9.08. The summed E-state index contributed by atoms with van der Waals surface area (Å²) in [4.78, 5) is 34.7. The van der Waals surface area contributed by atoms with E-state index in [9.17, 15) is 14.4 Å². The van der Waals surface area contributed by atoms with E-state index in [-0.39, 0.29) is 16.9 Å². The van der Waals surface area contributed by atoms with Gasteiger partial charge in [0.05, 0.1) is 0 Å². The highest BCUT2D eigenvalue weighted by atomic mass is 35.5. The van der Waals surface area contributed by atoms with Crippen molar-refractivity contribution in [1.29, 1.82) is 0 Å². The quantitative estimate of drug-likeness (QED) is 0.166. The molecule has 54 heavy (non-hydrogen) atoms. The van der Waals surface area contributed by atoms with Gasteiger partial charge in [-0.25, -0.2) is 14.4 Å². The van der Waals surface area contributed by atoms with Crippen molar-refractivity contribution < 1.29 is 13.3 Å². The molecule has 9 aromatic rings. The number of fused-ring (bicyclic) bond motifs is 3. The maximum atomic E-state index is 11.6. The number of benzene rings is 6. The second-order valence-electron chi connectivity index (χ2n) is 12.0. The Hall–Kier alpha value is -6.18. The predicted molar refractivity (Wildman–Crippen MR) is 219 cm³/mol. The molecule has 9 rings (SSSR count). The SMILES string of the molecule is O=c1cc(-c2ccccc2)c2ccc(Cl)cc2o1.O=c1cc(-c2ccccc2)c2ccc(Cl)cc2o1.O=c1cc(-c2ccccc2)c2ccc(Cl)cc2o1. The maximum Gasteiger partial charge on any atom is 0.336 e. The van der Waals surface area contributed by atoms with Gasteiger partial charge in [0.2, 0.25) is 0 Å². The van der Waals surface area contributed by atoms with Crippen LogP contribution in [0.3, 0.4) is 0 Å². The lowest BCUT2D eigenvalue weighted by atomic mass is 10.0. The second-order valence-corrected chi connectivity index (χ2v) is 13.3. The fourth-order valence-corrected chi connectivity index (χ4v) is 6.47. The molecule has 6 aromatic carbocycles. The number of rotatable bonds is 3. The van der Waals surface area contributed by atoms with Crippen molar-refractivity contribution in [2.24, 2.45) is 0 Å². The fraction of sp³-hybridized carbons (Fsp3) is 0. The normalized spacial score (nSPS) is 10.7. The Morgan fingerprint density at radius 2 is 0.574 bits per heavy atom. The summed E-state index contributed by atoms with van der Waals surface area (Å²) in [6.45, 7) is 0. The van der Waals surface area contributed by atoms with Crippen LogP contribution >= 0.6 is 34.8 Å². The van der Waals surface area contributed by atoms with E-state index in [0.29, 0.717) is 31.8 Å². The summed E-state index contributed by atoms with van der Waals surface area (Å²) >= 11 is 17.7. The van der Waals surface area contributed by atoms with Crippen molar-refractivity contribution in [3.63, 3.8) is 0 Å². The zero-order chi connectivity index (χ0) is 37.6. The van der Waals surface area contributed by atoms with Gasteiger partial charge in [-0.2, -0.15) is 0 Å². The van der Waals surface area contributed by atoms with E-state index < -0.39 is 0 Å². The average molecular weight is 770 g/mol. The molecule has 0 amide bonds. The summed E-state index contributed by atoms with van der Waals surface area (Å²) in [6.07, 6.45) is 0. The third kappa shape index (κ3) is 8.38. The van der Waals surface area contributed by atoms with E-state index in [0.717, 1.165) is 49.5 Å². The third-order valence-electron chi connectivity index (χ3n) is 8.37. The van der Waals surface area contributed by atoms with Crippen LogP contribution < -0.4 is 16.9 Å². The Labute approximate surface area is 323 Å². The van der Waals surface area contributed by atoms with Gasteiger partial charge in [-0.15, -0.1) is 0 Å². The molecule has 0 aliphatic rings. The fourth-order valence-electron chi connectivity index (χ4n) is 5.98.